The number of aliphatic hydroxyl groups is 3. The van der Waals surface area contributed by atoms with E-state index in [1.807, 2.05) is 40.7 Å². The number of allylic oxidation sites excluding steroid dienone is 2. The number of rotatable bonds is 13. The van der Waals surface area contributed by atoms with Gasteiger partial charge in [-0.2, -0.15) is 0 Å². The Hall–Kier alpha value is -2.28. The van der Waals surface area contributed by atoms with Gasteiger partial charge in [-0.3, -0.25) is 4.79 Å². The van der Waals surface area contributed by atoms with E-state index in [1.54, 1.807) is 45.3 Å². The Bertz CT molecular complexity index is 1100. The lowest BCUT2D eigenvalue weighted by atomic mass is 9.88. The molecular weight excluding hydrogens is 592 g/mol. The van der Waals surface area contributed by atoms with Crippen LogP contribution in [0.5, 0.6) is 0 Å². The van der Waals surface area contributed by atoms with Crippen molar-refractivity contribution in [3.05, 3.63) is 36.0 Å². The highest BCUT2D eigenvalue weighted by atomic mass is 16.6. The van der Waals surface area contributed by atoms with Crippen molar-refractivity contribution in [2.75, 3.05) is 34.3 Å². The summed E-state index contributed by atoms with van der Waals surface area (Å²) in [6.07, 6.45) is 6.72. The number of nitrogens with one attached hydrogen (secondary N) is 1. The first-order valence-corrected chi connectivity index (χ1v) is 16.2. The molecule has 11 nitrogen and oxygen atoms in total. The minimum Gasteiger partial charge on any atom is -0.457 e. The lowest BCUT2D eigenvalue weighted by Gasteiger charge is -2.36. The first-order valence-electron chi connectivity index (χ1n) is 26.2. The highest BCUT2D eigenvalue weighted by molar-refractivity contribution is 5.70. The summed E-state index contributed by atoms with van der Waals surface area (Å²) in [5, 5.41) is 34.8. The molecule has 0 radical (unpaired) electrons. The first-order chi connectivity index (χ1) is 31.1. The van der Waals surface area contributed by atoms with Crippen molar-refractivity contribution in [2.45, 2.75) is 129 Å². The maximum Gasteiger partial charge on any atom is 0.410 e. The number of epoxide rings is 1. The van der Waals surface area contributed by atoms with Gasteiger partial charge < -0.3 is 44.5 Å². The third-order valence-corrected chi connectivity index (χ3v) is 9.05. The minimum atomic E-state index is -1.14. The van der Waals surface area contributed by atoms with Gasteiger partial charge in [0, 0.05) is 75.2 Å². The van der Waals surface area contributed by atoms with Crippen LogP contribution in [0.4, 0.5) is 4.79 Å². The molecule has 4 N–H and O–H groups in total. The van der Waals surface area contributed by atoms with Gasteiger partial charge in [0.05, 0.1) is 36.4 Å². The Morgan fingerprint density at radius 3 is 2.67 bits per heavy atom. The summed E-state index contributed by atoms with van der Waals surface area (Å²) in [5.41, 5.74) is -1.37. The number of amides is 1. The number of hydrogen-bond acceptors (Lipinski definition) is 10. The summed E-state index contributed by atoms with van der Waals surface area (Å²) in [4.78, 5) is 27.3. The molecule has 11 heteroatoms. The Morgan fingerprint density at radius 2 is 2.07 bits per heavy atom. The van der Waals surface area contributed by atoms with E-state index in [0.717, 1.165) is 5.57 Å². The number of cyclic esters (lactones) is 1. The number of carbonyl (C=O) groups excluding carboxylic acids is 2. The van der Waals surface area contributed by atoms with Gasteiger partial charge in [-0.25, -0.2) is 4.79 Å². The van der Waals surface area contributed by atoms with Gasteiger partial charge >= 0.3 is 12.1 Å². The summed E-state index contributed by atoms with van der Waals surface area (Å²) in [6.45, 7) is 12.2. The zero-order valence-electron chi connectivity index (χ0n) is 48.7. The van der Waals surface area contributed by atoms with Gasteiger partial charge in [-0.05, 0) is 58.7 Å². The Balaban J connectivity index is -0.000000164. The predicted octanol–water partition coefficient (Wildman–Crippen LogP) is 6.61. The van der Waals surface area contributed by atoms with Crippen molar-refractivity contribution in [3.63, 3.8) is 0 Å². The van der Waals surface area contributed by atoms with Crippen LogP contribution in [0.15, 0.2) is 36.0 Å². The smallest absolute Gasteiger partial charge is 0.410 e. The molecule has 0 aromatic heterocycles. The van der Waals surface area contributed by atoms with Crippen LogP contribution in [0.1, 0.15) is 111 Å². The van der Waals surface area contributed by atoms with Crippen LogP contribution in [0.25, 0.3) is 0 Å². The molecule has 0 unspecified atom stereocenters. The van der Waals surface area contributed by atoms with E-state index >= 15 is 0 Å². The van der Waals surface area contributed by atoms with Crippen LogP contribution < -0.4 is 5.32 Å². The fraction of sp³-hybridized carbons (Fsp3) is 0.771. The summed E-state index contributed by atoms with van der Waals surface area (Å²) >= 11 is 0. The van der Waals surface area contributed by atoms with Crippen molar-refractivity contribution in [1.82, 2.24) is 10.2 Å². The van der Waals surface area contributed by atoms with Crippen LogP contribution >= 0.6 is 0 Å². The fourth-order valence-corrected chi connectivity index (χ4v) is 5.58. The molecule has 1 saturated heterocycles. The monoisotopic (exact) mass is 695 g/mol. The lowest BCUT2D eigenvalue weighted by molar-refractivity contribution is -0.151. The number of ether oxygens (including phenoxy) is 4. The highest BCUT2D eigenvalue weighted by Gasteiger charge is 2.47. The van der Waals surface area contributed by atoms with Gasteiger partial charge in [0.15, 0.2) is 6.10 Å². The SMILES string of the molecule is C.CC[C@H](O)[C@@H](C)[C@H]1O[C@@H]1C[C@@](C)(O)/C=C/C=C(\C)[C@H]1OC(=O)C[C@H](O)CC[C@@](C)(OC)[C@@H](OC(=O)N(C)CCNC)/C=C/[C@@H]1C.[2H][2H].[2H][2H].[2H][2H].[2H][2H].[2H][2H].[2H][2H].[2H][2H].[2H][2H].[2H][2H].[2H][2H]. The van der Waals surface area contributed by atoms with Crippen LogP contribution in [0.3, 0.4) is 0 Å². The number of aliphatic hydroxyl groups excluding tert-OH is 2. The number of esters is 1. The molecule has 10 atom stereocenters. The van der Waals surface area contributed by atoms with Gasteiger partial charge in [0.25, 0.3) is 0 Å². The van der Waals surface area contributed by atoms with E-state index in [9.17, 15) is 24.9 Å². The second kappa shape index (κ2) is 18.9. The van der Waals surface area contributed by atoms with Gasteiger partial charge in [0.2, 0.25) is 0 Å². The van der Waals surface area contributed by atoms with Gasteiger partial charge in [-0.15, -0.1) is 0 Å². The van der Waals surface area contributed by atoms with Crippen molar-refractivity contribution in [1.29, 1.82) is 0 Å². The molecule has 0 bridgehead atoms. The second-order valence-electron chi connectivity index (χ2n) is 13.2. The van der Waals surface area contributed by atoms with E-state index in [2.05, 4.69) is 5.32 Å². The molecule has 286 valence electrons. The van der Waals surface area contributed by atoms with Gasteiger partial charge in [0.1, 0.15) is 11.7 Å². The topological polar surface area (TPSA) is 150 Å². The maximum absolute atomic E-state index is 12.9. The summed E-state index contributed by atoms with van der Waals surface area (Å²) in [6, 6.07) is 0. The summed E-state index contributed by atoms with van der Waals surface area (Å²) in [7, 11) is 5.01. The van der Waals surface area contributed by atoms with Crippen LogP contribution in [-0.4, -0.2) is 114 Å². The Labute approximate surface area is 307 Å². The number of likely N-dealkylation sites (N-methyl/N-ethyl adjacent to an activating group) is 2. The van der Waals surface area contributed by atoms with E-state index in [1.165, 1.54) is 12.0 Å². The average molecular weight is 695 g/mol. The normalized spacial score (nSPS) is 34.3. The zero-order chi connectivity index (χ0) is 53.9. The molecule has 2 aliphatic rings. The van der Waals surface area contributed by atoms with Crippen molar-refractivity contribution < 1.29 is 73.6 Å². The standard InChI is InChI=1S/C34H58N2O9.CH4.10H2/c1-10-26(38)24(4)31-27(43-31)21-33(5,41)16-11-12-22(2)30-23(3)13-14-28(44-32(40)36(8)19-18-35-7)34(6,42-9)17-15-25(37)20-29(39)45-30;;;;;;;;;;;/h11-14,16,23-28,30-31,35,37-38,41H,10,15,17-21H2,1-9H3;1H4;10*1H/b14-13+,16-11+,22-12+;;;;;;;;;;;/t23-,24+,25+,26-,27+,28-,30+,31+,33-,34+;;;;;;;;;;;/m0.........../s1/i;;10*1+1D. The molecule has 0 spiro atoms. The second-order valence-corrected chi connectivity index (χ2v) is 13.2. The number of hydrogen-bond donors (Lipinski definition) is 4. The summed E-state index contributed by atoms with van der Waals surface area (Å²) in [5.74, 6) is -0.854. The minimum absolute atomic E-state index is 0. The third kappa shape index (κ3) is 12.7. The van der Waals surface area contributed by atoms with Crippen LogP contribution in [0.2, 0.25) is 0 Å². The van der Waals surface area contributed by atoms with E-state index in [4.69, 9.17) is 48.6 Å². The number of carbonyl (C=O) groups is 2. The molecule has 2 aliphatic heterocycles. The molecular formula is C35H82N2O9. The molecule has 46 heavy (non-hydrogen) atoms. The fourth-order valence-electron chi connectivity index (χ4n) is 5.58. The van der Waals surface area contributed by atoms with Crippen LogP contribution in [0, 0.1) is 11.8 Å². The van der Waals surface area contributed by atoms with E-state index in [-0.39, 0.29) is 44.3 Å². The lowest BCUT2D eigenvalue weighted by Crippen LogP contribution is -2.46. The molecule has 0 aliphatic carbocycles. The first kappa shape index (κ1) is 27.6. The van der Waals surface area contributed by atoms with Crippen molar-refractivity contribution >= 4 is 12.1 Å². The van der Waals surface area contributed by atoms with E-state index in [0.29, 0.717) is 32.4 Å². The molecule has 1 amide bonds. The number of nitrogens with zero attached hydrogens (tertiary/aromatic N) is 1. The molecule has 0 aromatic carbocycles. The van der Waals surface area contributed by atoms with Crippen molar-refractivity contribution in [3.8, 4) is 0 Å². The Morgan fingerprint density at radius 1 is 1.39 bits per heavy atom. The molecule has 0 aromatic rings. The maximum atomic E-state index is 12.9. The number of methoxy groups -OCH3 is 1. The molecule has 2 heterocycles. The highest BCUT2D eigenvalue weighted by Crippen LogP contribution is 2.37. The van der Waals surface area contributed by atoms with Crippen LogP contribution in [-0.2, 0) is 23.7 Å². The predicted molar refractivity (Wildman–Crippen MR) is 200 cm³/mol. The molecule has 2 rings (SSSR count). The zero-order valence-corrected chi connectivity index (χ0v) is 28.7. The van der Waals surface area contributed by atoms with E-state index < -0.39 is 47.7 Å². The summed E-state index contributed by atoms with van der Waals surface area (Å²) < 4.78 is 123. The van der Waals surface area contributed by atoms with Gasteiger partial charge in [-0.1, -0.05) is 52.5 Å². The average Bonchev–Trinajstić information content (AvgIpc) is 4.13. The molecule has 0 saturated carbocycles. The Kier molecular flexibility index (Phi) is 11.4. The quantitative estimate of drug-likeness (QED) is 0.0718. The molecule has 1 fully saturated rings. The largest absolute Gasteiger partial charge is 0.457 e. The van der Waals surface area contributed by atoms with Crippen molar-refractivity contribution in [2.24, 2.45) is 11.8 Å². The third-order valence-electron chi connectivity index (χ3n) is 9.05.